The molecule has 1 aromatic rings. The number of rotatable bonds is 9. The Bertz CT molecular complexity index is 435. The Morgan fingerprint density at radius 3 is 2.64 bits per heavy atom. The molecule has 1 heterocycles. The van der Waals surface area contributed by atoms with E-state index in [4.69, 9.17) is 4.98 Å². The molecule has 1 aliphatic carbocycles. The first-order chi connectivity index (χ1) is 10.7. The lowest BCUT2D eigenvalue weighted by Crippen LogP contribution is -2.18. The number of aromatic nitrogens is 1. The number of hydrogen-bond acceptors (Lipinski definition) is 2. The first kappa shape index (κ1) is 17.3. The van der Waals surface area contributed by atoms with E-state index in [2.05, 4.69) is 38.2 Å². The summed E-state index contributed by atoms with van der Waals surface area (Å²) in [6, 6.07) is 5.24. The van der Waals surface area contributed by atoms with Crippen molar-refractivity contribution in [3.8, 4) is 0 Å². The van der Waals surface area contributed by atoms with E-state index in [0.29, 0.717) is 6.04 Å². The summed E-state index contributed by atoms with van der Waals surface area (Å²) < 4.78 is 0. The predicted molar refractivity (Wildman–Crippen MR) is 96.5 cm³/mol. The number of pyridine rings is 1. The van der Waals surface area contributed by atoms with Crippen molar-refractivity contribution in [2.45, 2.75) is 91.0 Å². The van der Waals surface area contributed by atoms with Crippen molar-refractivity contribution in [1.29, 1.82) is 0 Å². The van der Waals surface area contributed by atoms with E-state index in [-0.39, 0.29) is 0 Å². The molecule has 1 aliphatic rings. The molecule has 2 heteroatoms. The van der Waals surface area contributed by atoms with Crippen LogP contribution in [0.2, 0.25) is 0 Å². The molecular weight excluding hydrogens is 268 g/mol. The van der Waals surface area contributed by atoms with Crippen molar-refractivity contribution < 1.29 is 0 Å². The van der Waals surface area contributed by atoms with Gasteiger partial charge in [0, 0.05) is 11.7 Å². The van der Waals surface area contributed by atoms with Crippen molar-refractivity contribution >= 4 is 5.82 Å². The van der Waals surface area contributed by atoms with Crippen LogP contribution in [0, 0.1) is 5.92 Å². The summed E-state index contributed by atoms with van der Waals surface area (Å²) in [5, 5.41) is 3.76. The lowest BCUT2D eigenvalue weighted by atomic mass is 9.98. The summed E-state index contributed by atoms with van der Waals surface area (Å²) in [7, 11) is 0. The predicted octanol–water partition coefficient (Wildman–Crippen LogP) is 5.76. The zero-order chi connectivity index (χ0) is 15.8. The second kappa shape index (κ2) is 9.17. The SMILES string of the molecule is CCCCCc1ccc(CC(C)CC)c(NC2CCCC2)n1. The van der Waals surface area contributed by atoms with Crippen LogP contribution in [0.3, 0.4) is 0 Å². The number of aryl methyl sites for hydroxylation is 1. The number of hydrogen-bond donors (Lipinski definition) is 1. The van der Waals surface area contributed by atoms with Gasteiger partial charge in [0.1, 0.15) is 5.82 Å². The van der Waals surface area contributed by atoms with E-state index >= 15 is 0 Å². The first-order valence-corrected chi connectivity index (χ1v) is 9.48. The molecule has 1 aromatic heterocycles. The van der Waals surface area contributed by atoms with Gasteiger partial charge in [0.15, 0.2) is 0 Å². The highest BCUT2D eigenvalue weighted by Crippen LogP contribution is 2.25. The Labute approximate surface area is 137 Å². The molecule has 0 saturated heterocycles. The van der Waals surface area contributed by atoms with Crippen molar-refractivity contribution in [3.63, 3.8) is 0 Å². The zero-order valence-electron chi connectivity index (χ0n) is 14.8. The minimum atomic E-state index is 0.647. The smallest absolute Gasteiger partial charge is 0.129 e. The number of unbranched alkanes of at least 4 members (excludes halogenated alkanes) is 2. The molecule has 0 aliphatic heterocycles. The third-order valence-corrected chi connectivity index (χ3v) is 5.03. The molecule has 0 bridgehead atoms. The average Bonchev–Trinajstić information content (AvgIpc) is 3.03. The molecule has 2 nitrogen and oxygen atoms in total. The maximum absolute atomic E-state index is 4.98. The second-order valence-corrected chi connectivity index (χ2v) is 7.11. The van der Waals surface area contributed by atoms with E-state index in [0.717, 1.165) is 18.8 Å². The highest BCUT2D eigenvalue weighted by atomic mass is 15.0. The summed E-state index contributed by atoms with van der Waals surface area (Å²) >= 11 is 0. The van der Waals surface area contributed by atoms with Crippen molar-refractivity contribution in [2.75, 3.05) is 5.32 Å². The molecule has 1 saturated carbocycles. The van der Waals surface area contributed by atoms with Crippen molar-refractivity contribution in [2.24, 2.45) is 5.92 Å². The van der Waals surface area contributed by atoms with Crippen LogP contribution in [0.5, 0.6) is 0 Å². The molecule has 1 fully saturated rings. The monoisotopic (exact) mass is 302 g/mol. The zero-order valence-corrected chi connectivity index (χ0v) is 14.8. The quantitative estimate of drug-likeness (QED) is 0.587. The van der Waals surface area contributed by atoms with Gasteiger partial charge in [-0.25, -0.2) is 4.98 Å². The minimum Gasteiger partial charge on any atom is -0.367 e. The Morgan fingerprint density at radius 2 is 1.95 bits per heavy atom. The van der Waals surface area contributed by atoms with Gasteiger partial charge < -0.3 is 5.32 Å². The van der Waals surface area contributed by atoms with Crippen LogP contribution < -0.4 is 5.32 Å². The summed E-state index contributed by atoms with van der Waals surface area (Å²) in [4.78, 5) is 4.98. The minimum absolute atomic E-state index is 0.647. The molecule has 0 radical (unpaired) electrons. The lowest BCUT2D eigenvalue weighted by Gasteiger charge is -2.19. The van der Waals surface area contributed by atoms with E-state index in [1.165, 1.54) is 68.4 Å². The van der Waals surface area contributed by atoms with Gasteiger partial charge in [0.25, 0.3) is 0 Å². The average molecular weight is 303 g/mol. The summed E-state index contributed by atoms with van der Waals surface area (Å²) in [5.41, 5.74) is 2.68. The third-order valence-electron chi connectivity index (χ3n) is 5.03. The van der Waals surface area contributed by atoms with E-state index < -0.39 is 0 Å². The molecule has 0 amide bonds. The highest BCUT2D eigenvalue weighted by molar-refractivity contribution is 5.46. The normalized spacial score (nSPS) is 16.9. The first-order valence-electron chi connectivity index (χ1n) is 9.48. The van der Waals surface area contributed by atoms with Crippen LogP contribution in [0.15, 0.2) is 12.1 Å². The summed E-state index contributed by atoms with van der Waals surface area (Å²) in [6.45, 7) is 6.88. The Kier molecular flexibility index (Phi) is 7.21. The molecule has 1 N–H and O–H groups in total. The molecule has 124 valence electrons. The standard InChI is InChI=1S/C20H34N2/c1-4-6-7-10-19-14-13-17(15-16(3)5-2)20(22-19)21-18-11-8-9-12-18/h13-14,16,18H,4-12,15H2,1-3H3,(H,21,22). The number of nitrogens with one attached hydrogen (secondary N) is 1. The molecule has 2 rings (SSSR count). The summed E-state index contributed by atoms with van der Waals surface area (Å²) in [5.74, 6) is 1.91. The fraction of sp³-hybridized carbons (Fsp3) is 0.750. The fourth-order valence-electron chi connectivity index (χ4n) is 3.30. The van der Waals surface area contributed by atoms with Crippen LogP contribution in [0.1, 0.15) is 83.4 Å². The van der Waals surface area contributed by atoms with Gasteiger partial charge in [-0.2, -0.15) is 0 Å². The van der Waals surface area contributed by atoms with Crippen molar-refractivity contribution in [3.05, 3.63) is 23.4 Å². The van der Waals surface area contributed by atoms with Gasteiger partial charge in [-0.05, 0) is 49.7 Å². The van der Waals surface area contributed by atoms with Gasteiger partial charge >= 0.3 is 0 Å². The van der Waals surface area contributed by atoms with E-state index in [9.17, 15) is 0 Å². The molecular formula is C20H34N2. The van der Waals surface area contributed by atoms with Gasteiger partial charge in [0.2, 0.25) is 0 Å². The summed E-state index contributed by atoms with van der Waals surface area (Å²) in [6.07, 6.45) is 12.7. The second-order valence-electron chi connectivity index (χ2n) is 7.11. The van der Waals surface area contributed by atoms with Gasteiger partial charge in [-0.15, -0.1) is 0 Å². The maximum atomic E-state index is 4.98. The topological polar surface area (TPSA) is 24.9 Å². The van der Waals surface area contributed by atoms with Crippen LogP contribution in [-0.2, 0) is 12.8 Å². The van der Waals surface area contributed by atoms with Crippen LogP contribution in [0.25, 0.3) is 0 Å². The molecule has 0 aromatic carbocycles. The fourth-order valence-corrected chi connectivity index (χ4v) is 3.30. The number of nitrogens with zero attached hydrogens (tertiary/aromatic N) is 1. The largest absolute Gasteiger partial charge is 0.367 e. The molecule has 1 unspecified atom stereocenters. The van der Waals surface area contributed by atoms with Crippen LogP contribution in [0.4, 0.5) is 5.82 Å². The lowest BCUT2D eigenvalue weighted by molar-refractivity contribution is 0.559. The molecule has 1 atom stereocenters. The maximum Gasteiger partial charge on any atom is 0.129 e. The third kappa shape index (κ3) is 5.30. The van der Waals surface area contributed by atoms with E-state index in [1.54, 1.807) is 0 Å². The Hall–Kier alpha value is -1.05. The van der Waals surface area contributed by atoms with Gasteiger partial charge in [-0.1, -0.05) is 58.9 Å². The van der Waals surface area contributed by atoms with Gasteiger partial charge in [-0.3, -0.25) is 0 Å². The Balaban J connectivity index is 2.08. The van der Waals surface area contributed by atoms with E-state index in [1.807, 2.05) is 0 Å². The molecule has 22 heavy (non-hydrogen) atoms. The van der Waals surface area contributed by atoms with Gasteiger partial charge in [0.05, 0.1) is 0 Å². The van der Waals surface area contributed by atoms with Crippen LogP contribution >= 0.6 is 0 Å². The van der Waals surface area contributed by atoms with Crippen LogP contribution in [-0.4, -0.2) is 11.0 Å². The highest BCUT2D eigenvalue weighted by Gasteiger charge is 2.17. The molecule has 0 spiro atoms. The number of anilines is 1. The Morgan fingerprint density at radius 1 is 1.18 bits per heavy atom. The van der Waals surface area contributed by atoms with Crippen molar-refractivity contribution in [1.82, 2.24) is 4.98 Å².